The number of ether oxygens (including phenoxy) is 1. The number of nitrogen functional groups attached to an aromatic ring is 1. The molecule has 0 aliphatic carbocycles. The van der Waals surface area contributed by atoms with Crippen LogP contribution in [0.25, 0.3) is 10.8 Å². The molecule has 0 radical (unpaired) electrons. The van der Waals surface area contributed by atoms with Crippen LogP contribution in [0.2, 0.25) is 0 Å². The fourth-order valence-corrected chi connectivity index (χ4v) is 1.98. The molecule has 2 N–H and O–H groups in total. The van der Waals surface area contributed by atoms with Crippen molar-refractivity contribution >= 4 is 16.5 Å². The molecule has 0 unspecified atom stereocenters. The Balaban J connectivity index is 2.12. The molecule has 0 aliphatic heterocycles. The maximum absolute atomic E-state index is 5.96. The first kappa shape index (κ1) is 11.5. The monoisotopic (exact) mass is 251 g/mol. The van der Waals surface area contributed by atoms with E-state index in [4.69, 9.17) is 10.5 Å². The van der Waals surface area contributed by atoms with E-state index >= 15 is 0 Å². The Labute approximate surface area is 110 Å². The molecule has 0 saturated heterocycles. The molecule has 4 nitrogen and oxygen atoms in total. The molecule has 0 aliphatic rings. The SMILES string of the molecule is Cc1nccnc1Oc1ccc(N)c2ccccc12. The van der Waals surface area contributed by atoms with Gasteiger partial charge in [-0.2, -0.15) is 0 Å². The van der Waals surface area contributed by atoms with E-state index in [2.05, 4.69) is 9.97 Å². The number of fused-ring (bicyclic) bond motifs is 1. The van der Waals surface area contributed by atoms with E-state index in [-0.39, 0.29) is 0 Å². The maximum atomic E-state index is 5.96. The van der Waals surface area contributed by atoms with Crippen LogP contribution in [-0.2, 0) is 0 Å². The second-order valence-electron chi connectivity index (χ2n) is 4.25. The Morgan fingerprint density at radius 2 is 1.68 bits per heavy atom. The molecule has 3 rings (SSSR count). The van der Waals surface area contributed by atoms with Crippen LogP contribution in [0.3, 0.4) is 0 Å². The number of benzene rings is 2. The van der Waals surface area contributed by atoms with Crippen LogP contribution in [0.4, 0.5) is 5.69 Å². The van der Waals surface area contributed by atoms with E-state index < -0.39 is 0 Å². The standard InChI is InChI=1S/C15H13N3O/c1-10-15(18-9-8-17-10)19-14-7-6-13(16)11-4-2-3-5-12(11)14/h2-9H,16H2,1H3. The van der Waals surface area contributed by atoms with Gasteiger partial charge in [-0.3, -0.25) is 4.98 Å². The number of anilines is 1. The van der Waals surface area contributed by atoms with Gasteiger partial charge in [0.1, 0.15) is 5.75 Å². The van der Waals surface area contributed by atoms with Gasteiger partial charge in [0.15, 0.2) is 0 Å². The molecular formula is C15H13N3O. The van der Waals surface area contributed by atoms with Gasteiger partial charge in [-0.25, -0.2) is 4.98 Å². The zero-order valence-electron chi connectivity index (χ0n) is 10.5. The summed E-state index contributed by atoms with van der Waals surface area (Å²) in [5.74, 6) is 1.24. The largest absolute Gasteiger partial charge is 0.437 e. The van der Waals surface area contributed by atoms with Crippen molar-refractivity contribution in [2.45, 2.75) is 6.92 Å². The van der Waals surface area contributed by atoms with Crippen molar-refractivity contribution in [3.8, 4) is 11.6 Å². The summed E-state index contributed by atoms with van der Waals surface area (Å²) in [5, 5.41) is 1.94. The summed E-state index contributed by atoms with van der Waals surface area (Å²) in [4.78, 5) is 8.35. The second kappa shape index (κ2) is 4.57. The lowest BCUT2D eigenvalue weighted by Gasteiger charge is -2.10. The zero-order valence-corrected chi connectivity index (χ0v) is 10.5. The number of aryl methyl sites for hydroxylation is 1. The fraction of sp³-hybridized carbons (Fsp3) is 0.0667. The van der Waals surface area contributed by atoms with Crippen LogP contribution in [-0.4, -0.2) is 9.97 Å². The van der Waals surface area contributed by atoms with Gasteiger partial charge in [0.25, 0.3) is 0 Å². The topological polar surface area (TPSA) is 61.0 Å². The quantitative estimate of drug-likeness (QED) is 0.710. The van der Waals surface area contributed by atoms with Gasteiger partial charge in [0, 0.05) is 28.9 Å². The predicted octanol–water partition coefficient (Wildman–Crippen LogP) is 3.31. The third-order valence-corrected chi connectivity index (χ3v) is 2.96. The van der Waals surface area contributed by atoms with Crippen LogP contribution in [0, 0.1) is 6.92 Å². The van der Waals surface area contributed by atoms with Gasteiger partial charge in [0.2, 0.25) is 5.88 Å². The lowest BCUT2D eigenvalue weighted by molar-refractivity contribution is 0.460. The highest BCUT2D eigenvalue weighted by Crippen LogP contribution is 2.32. The molecule has 0 saturated carbocycles. The molecule has 0 atom stereocenters. The molecule has 94 valence electrons. The Morgan fingerprint density at radius 1 is 0.947 bits per heavy atom. The Morgan fingerprint density at radius 3 is 2.47 bits per heavy atom. The third kappa shape index (κ3) is 2.08. The molecule has 0 bridgehead atoms. The summed E-state index contributed by atoms with van der Waals surface area (Å²) in [6.07, 6.45) is 3.26. The minimum Gasteiger partial charge on any atom is -0.437 e. The van der Waals surface area contributed by atoms with Gasteiger partial charge in [-0.15, -0.1) is 0 Å². The smallest absolute Gasteiger partial charge is 0.240 e. The van der Waals surface area contributed by atoms with Crippen LogP contribution in [0.15, 0.2) is 48.8 Å². The van der Waals surface area contributed by atoms with E-state index in [9.17, 15) is 0 Å². The predicted molar refractivity (Wildman–Crippen MR) is 75.2 cm³/mol. The van der Waals surface area contributed by atoms with Gasteiger partial charge in [0.05, 0.1) is 5.69 Å². The Bertz CT molecular complexity index is 740. The first-order valence-electron chi connectivity index (χ1n) is 5.98. The van der Waals surface area contributed by atoms with Gasteiger partial charge in [-0.1, -0.05) is 24.3 Å². The Kier molecular flexibility index (Phi) is 2.76. The van der Waals surface area contributed by atoms with Gasteiger partial charge in [-0.05, 0) is 19.1 Å². The van der Waals surface area contributed by atoms with E-state index in [0.717, 1.165) is 27.9 Å². The maximum Gasteiger partial charge on any atom is 0.240 e. The van der Waals surface area contributed by atoms with E-state index in [1.807, 2.05) is 43.3 Å². The van der Waals surface area contributed by atoms with Crippen molar-refractivity contribution in [1.82, 2.24) is 9.97 Å². The molecule has 0 amide bonds. The highest BCUT2D eigenvalue weighted by Gasteiger charge is 2.08. The van der Waals surface area contributed by atoms with Crippen molar-refractivity contribution in [3.63, 3.8) is 0 Å². The van der Waals surface area contributed by atoms with E-state index in [1.165, 1.54) is 0 Å². The molecule has 4 heteroatoms. The zero-order chi connectivity index (χ0) is 13.2. The molecule has 19 heavy (non-hydrogen) atoms. The van der Waals surface area contributed by atoms with Crippen LogP contribution in [0.1, 0.15) is 5.69 Å². The second-order valence-corrected chi connectivity index (χ2v) is 4.25. The number of nitrogens with zero attached hydrogens (tertiary/aromatic N) is 2. The highest BCUT2D eigenvalue weighted by molar-refractivity contribution is 5.97. The molecule has 0 spiro atoms. The molecule has 0 fully saturated rings. The summed E-state index contributed by atoms with van der Waals surface area (Å²) < 4.78 is 5.85. The van der Waals surface area contributed by atoms with Crippen LogP contribution in [0.5, 0.6) is 11.6 Å². The van der Waals surface area contributed by atoms with Crippen molar-refractivity contribution in [2.24, 2.45) is 0 Å². The van der Waals surface area contributed by atoms with Crippen LogP contribution < -0.4 is 10.5 Å². The first-order valence-corrected chi connectivity index (χ1v) is 5.98. The van der Waals surface area contributed by atoms with Gasteiger partial charge < -0.3 is 10.5 Å². The Hall–Kier alpha value is -2.62. The molecule has 2 aromatic carbocycles. The summed E-state index contributed by atoms with van der Waals surface area (Å²) in [5.41, 5.74) is 7.45. The number of hydrogen-bond donors (Lipinski definition) is 1. The molecular weight excluding hydrogens is 238 g/mol. The first-order chi connectivity index (χ1) is 9.25. The number of rotatable bonds is 2. The normalized spacial score (nSPS) is 10.6. The van der Waals surface area contributed by atoms with Gasteiger partial charge >= 0.3 is 0 Å². The molecule has 1 heterocycles. The highest BCUT2D eigenvalue weighted by atomic mass is 16.5. The lowest BCUT2D eigenvalue weighted by Crippen LogP contribution is -1.95. The average molecular weight is 251 g/mol. The summed E-state index contributed by atoms with van der Waals surface area (Å²) in [7, 11) is 0. The third-order valence-electron chi connectivity index (χ3n) is 2.96. The minimum absolute atomic E-state index is 0.512. The van der Waals surface area contributed by atoms with Crippen molar-refractivity contribution < 1.29 is 4.74 Å². The summed E-state index contributed by atoms with van der Waals surface area (Å²) in [6, 6.07) is 11.6. The van der Waals surface area contributed by atoms with E-state index in [0.29, 0.717) is 5.88 Å². The lowest BCUT2D eigenvalue weighted by atomic mass is 10.1. The van der Waals surface area contributed by atoms with Crippen molar-refractivity contribution in [2.75, 3.05) is 5.73 Å². The number of nitrogens with two attached hydrogens (primary N) is 1. The average Bonchev–Trinajstić information content (AvgIpc) is 2.44. The molecule has 1 aromatic heterocycles. The van der Waals surface area contributed by atoms with E-state index in [1.54, 1.807) is 12.4 Å². The van der Waals surface area contributed by atoms with Crippen LogP contribution >= 0.6 is 0 Å². The number of hydrogen-bond acceptors (Lipinski definition) is 4. The van der Waals surface area contributed by atoms with Crippen molar-refractivity contribution in [1.29, 1.82) is 0 Å². The molecule has 3 aromatic rings. The fourth-order valence-electron chi connectivity index (χ4n) is 1.98. The minimum atomic E-state index is 0.512. The summed E-state index contributed by atoms with van der Waals surface area (Å²) in [6.45, 7) is 1.86. The summed E-state index contributed by atoms with van der Waals surface area (Å²) >= 11 is 0. The number of aromatic nitrogens is 2. The van der Waals surface area contributed by atoms with Crippen molar-refractivity contribution in [3.05, 3.63) is 54.5 Å².